The van der Waals surface area contributed by atoms with Gasteiger partial charge in [0.2, 0.25) is 0 Å². The highest BCUT2D eigenvalue weighted by molar-refractivity contribution is 5.01. The van der Waals surface area contributed by atoms with Crippen molar-refractivity contribution in [1.29, 1.82) is 0 Å². The summed E-state index contributed by atoms with van der Waals surface area (Å²) in [5.41, 5.74) is 1.25. The summed E-state index contributed by atoms with van der Waals surface area (Å²) >= 11 is 0. The van der Waals surface area contributed by atoms with Crippen LogP contribution in [0.1, 0.15) is 57.7 Å². The minimum Gasteiger partial charge on any atom is -0.314 e. The number of rotatable bonds is 5. The van der Waals surface area contributed by atoms with E-state index in [1.54, 1.807) is 0 Å². The molecule has 0 radical (unpaired) electrons. The minimum atomic E-state index is 0.660. The van der Waals surface area contributed by atoms with Crippen molar-refractivity contribution < 1.29 is 0 Å². The SMILES string of the molecule is CC(C)CC1CNCCN1Cc1ccn(C2CCCC2)n1. The van der Waals surface area contributed by atoms with E-state index in [1.165, 1.54) is 37.8 Å². The predicted octanol–water partition coefficient (Wildman–Crippen LogP) is 2.82. The van der Waals surface area contributed by atoms with Crippen molar-refractivity contribution in [2.45, 2.75) is 64.6 Å². The molecule has 3 rings (SSSR count). The van der Waals surface area contributed by atoms with E-state index in [2.05, 4.69) is 41.0 Å². The molecule has 1 saturated carbocycles. The molecule has 4 nitrogen and oxygen atoms in total. The highest BCUT2D eigenvalue weighted by Crippen LogP contribution is 2.28. The molecule has 1 aromatic heterocycles. The first-order valence-corrected chi connectivity index (χ1v) is 8.71. The van der Waals surface area contributed by atoms with Crippen molar-refractivity contribution in [3.8, 4) is 0 Å². The Kier molecular flexibility index (Phi) is 4.96. The molecule has 0 spiro atoms. The smallest absolute Gasteiger partial charge is 0.0765 e. The molecule has 1 aliphatic heterocycles. The number of nitrogens with one attached hydrogen (secondary N) is 1. The zero-order chi connectivity index (χ0) is 14.7. The highest BCUT2D eigenvalue weighted by atomic mass is 15.3. The maximum atomic E-state index is 4.85. The van der Waals surface area contributed by atoms with E-state index in [0.29, 0.717) is 12.1 Å². The molecular weight excluding hydrogens is 260 g/mol. The fourth-order valence-electron chi connectivity index (χ4n) is 3.83. The van der Waals surface area contributed by atoms with Gasteiger partial charge in [0.15, 0.2) is 0 Å². The van der Waals surface area contributed by atoms with Crippen molar-refractivity contribution in [3.05, 3.63) is 18.0 Å². The monoisotopic (exact) mass is 290 g/mol. The third-order valence-corrected chi connectivity index (χ3v) is 4.94. The fraction of sp³-hybridized carbons (Fsp3) is 0.824. The summed E-state index contributed by atoms with van der Waals surface area (Å²) in [6.07, 6.45) is 8.83. The standard InChI is InChI=1S/C17H30N4/c1-14(2)11-17-12-18-8-10-20(17)13-15-7-9-21(19-15)16-5-3-4-6-16/h7,9,14,16-18H,3-6,8,10-13H2,1-2H3. The molecule has 0 amide bonds. The lowest BCUT2D eigenvalue weighted by molar-refractivity contribution is 0.132. The van der Waals surface area contributed by atoms with Crippen LogP contribution in [0.2, 0.25) is 0 Å². The highest BCUT2D eigenvalue weighted by Gasteiger charge is 2.24. The van der Waals surface area contributed by atoms with Gasteiger partial charge in [-0.3, -0.25) is 9.58 Å². The quantitative estimate of drug-likeness (QED) is 0.905. The van der Waals surface area contributed by atoms with Crippen LogP contribution in [-0.4, -0.2) is 40.4 Å². The molecule has 2 heterocycles. The molecule has 0 bridgehead atoms. The maximum Gasteiger partial charge on any atom is 0.0765 e. The van der Waals surface area contributed by atoms with E-state index in [-0.39, 0.29) is 0 Å². The number of hydrogen-bond acceptors (Lipinski definition) is 3. The Balaban J connectivity index is 1.61. The summed E-state index contributed by atoms with van der Waals surface area (Å²) in [7, 11) is 0. The van der Waals surface area contributed by atoms with Crippen molar-refractivity contribution in [2.75, 3.05) is 19.6 Å². The Morgan fingerprint density at radius 1 is 1.33 bits per heavy atom. The summed E-state index contributed by atoms with van der Waals surface area (Å²) in [5, 5.41) is 8.39. The van der Waals surface area contributed by atoms with Crippen LogP contribution in [-0.2, 0) is 6.54 Å². The summed E-state index contributed by atoms with van der Waals surface area (Å²) < 4.78 is 2.22. The molecule has 1 unspecified atom stereocenters. The molecule has 2 fully saturated rings. The van der Waals surface area contributed by atoms with Crippen LogP contribution in [0.15, 0.2) is 12.3 Å². The average molecular weight is 290 g/mol. The molecule has 0 aromatic carbocycles. The number of piperazine rings is 1. The van der Waals surface area contributed by atoms with E-state index in [9.17, 15) is 0 Å². The predicted molar refractivity (Wildman–Crippen MR) is 86.3 cm³/mol. The molecule has 2 aliphatic rings. The number of nitrogens with zero attached hydrogens (tertiary/aromatic N) is 3. The largest absolute Gasteiger partial charge is 0.314 e. The lowest BCUT2D eigenvalue weighted by Crippen LogP contribution is -2.51. The summed E-state index contributed by atoms with van der Waals surface area (Å²) in [6, 6.07) is 3.55. The Hall–Kier alpha value is -0.870. The third kappa shape index (κ3) is 3.86. The molecule has 1 saturated heterocycles. The summed E-state index contributed by atoms with van der Waals surface area (Å²) in [6.45, 7) is 9.04. The maximum absolute atomic E-state index is 4.85. The van der Waals surface area contributed by atoms with E-state index >= 15 is 0 Å². The molecular formula is C17H30N4. The molecule has 1 aromatic rings. The van der Waals surface area contributed by atoms with Gasteiger partial charge in [-0.1, -0.05) is 26.7 Å². The van der Waals surface area contributed by atoms with Crippen LogP contribution in [0.3, 0.4) is 0 Å². The third-order valence-electron chi connectivity index (χ3n) is 4.94. The van der Waals surface area contributed by atoms with Gasteiger partial charge in [0, 0.05) is 38.4 Å². The Labute approximate surface area is 128 Å². The molecule has 118 valence electrons. The Morgan fingerprint density at radius 2 is 2.14 bits per heavy atom. The van der Waals surface area contributed by atoms with Crippen LogP contribution in [0.25, 0.3) is 0 Å². The van der Waals surface area contributed by atoms with Crippen LogP contribution in [0.5, 0.6) is 0 Å². The van der Waals surface area contributed by atoms with Crippen LogP contribution >= 0.6 is 0 Å². The van der Waals surface area contributed by atoms with Gasteiger partial charge in [0.1, 0.15) is 0 Å². The van der Waals surface area contributed by atoms with Gasteiger partial charge in [-0.25, -0.2) is 0 Å². The second kappa shape index (κ2) is 6.93. The topological polar surface area (TPSA) is 33.1 Å². The van der Waals surface area contributed by atoms with E-state index < -0.39 is 0 Å². The van der Waals surface area contributed by atoms with Crippen LogP contribution in [0, 0.1) is 5.92 Å². The average Bonchev–Trinajstić information content (AvgIpc) is 3.11. The second-order valence-corrected chi connectivity index (χ2v) is 7.18. The lowest BCUT2D eigenvalue weighted by Gasteiger charge is -2.36. The van der Waals surface area contributed by atoms with Crippen LogP contribution < -0.4 is 5.32 Å². The zero-order valence-electron chi connectivity index (χ0n) is 13.6. The van der Waals surface area contributed by atoms with Gasteiger partial charge in [0.05, 0.1) is 11.7 Å². The second-order valence-electron chi connectivity index (χ2n) is 7.18. The first kappa shape index (κ1) is 15.0. The van der Waals surface area contributed by atoms with Gasteiger partial charge >= 0.3 is 0 Å². The molecule has 1 atom stereocenters. The minimum absolute atomic E-state index is 0.660. The Bertz CT molecular complexity index is 434. The molecule has 1 aliphatic carbocycles. The van der Waals surface area contributed by atoms with Crippen molar-refractivity contribution in [3.63, 3.8) is 0 Å². The summed E-state index contributed by atoms with van der Waals surface area (Å²) in [5.74, 6) is 0.758. The van der Waals surface area contributed by atoms with E-state index in [4.69, 9.17) is 5.10 Å². The van der Waals surface area contributed by atoms with Gasteiger partial charge in [-0.2, -0.15) is 5.10 Å². The zero-order valence-corrected chi connectivity index (χ0v) is 13.6. The van der Waals surface area contributed by atoms with Crippen molar-refractivity contribution >= 4 is 0 Å². The van der Waals surface area contributed by atoms with Gasteiger partial charge < -0.3 is 5.32 Å². The van der Waals surface area contributed by atoms with E-state index in [0.717, 1.165) is 32.1 Å². The van der Waals surface area contributed by atoms with Gasteiger partial charge in [-0.15, -0.1) is 0 Å². The number of aromatic nitrogens is 2. The Morgan fingerprint density at radius 3 is 2.90 bits per heavy atom. The normalized spacial score (nSPS) is 25.0. The first-order valence-electron chi connectivity index (χ1n) is 8.71. The molecule has 4 heteroatoms. The fourth-order valence-corrected chi connectivity index (χ4v) is 3.83. The van der Waals surface area contributed by atoms with Gasteiger partial charge in [-0.05, 0) is 31.2 Å². The van der Waals surface area contributed by atoms with Crippen molar-refractivity contribution in [1.82, 2.24) is 20.0 Å². The van der Waals surface area contributed by atoms with Crippen molar-refractivity contribution in [2.24, 2.45) is 5.92 Å². The first-order chi connectivity index (χ1) is 10.2. The lowest BCUT2D eigenvalue weighted by atomic mass is 10.0. The number of hydrogen-bond donors (Lipinski definition) is 1. The van der Waals surface area contributed by atoms with E-state index in [1.807, 2.05) is 0 Å². The molecule has 1 N–H and O–H groups in total. The summed E-state index contributed by atoms with van der Waals surface area (Å²) in [4.78, 5) is 2.62. The van der Waals surface area contributed by atoms with Crippen LogP contribution in [0.4, 0.5) is 0 Å². The van der Waals surface area contributed by atoms with Gasteiger partial charge in [0.25, 0.3) is 0 Å². The molecule has 21 heavy (non-hydrogen) atoms.